The van der Waals surface area contributed by atoms with Gasteiger partial charge in [-0.3, -0.25) is 0 Å². The van der Waals surface area contributed by atoms with E-state index >= 15 is 0 Å². The normalized spacial score (nSPS) is 10.4. The van der Waals surface area contributed by atoms with E-state index in [0.717, 1.165) is 5.57 Å². The SMILES string of the molecule is C=C/C=C(\C(=C)O)C(C)C.Oc1ccccc1. The van der Waals surface area contributed by atoms with Crippen molar-refractivity contribution in [3.8, 4) is 5.75 Å². The summed E-state index contributed by atoms with van der Waals surface area (Å²) < 4.78 is 0. The Morgan fingerprint density at radius 1 is 1.24 bits per heavy atom. The molecule has 0 aliphatic carbocycles. The van der Waals surface area contributed by atoms with Gasteiger partial charge in [-0.1, -0.05) is 57.4 Å². The number of allylic oxidation sites excluding steroid dienone is 3. The predicted octanol–water partition coefficient (Wildman–Crippen LogP) is 4.22. The Balaban J connectivity index is 0.000000318. The number of hydrogen-bond acceptors (Lipinski definition) is 2. The minimum Gasteiger partial charge on any atom is -0.508 e. The standard InChI is InChI=1S/C9H14O.C6H6O/c1-5-6-9(7(2)3)8(4)10;7-6-4-2-1-3-5-6/h5-7,10H,1,4H2,2-3H3;1-5,7H/b9-6-;. The third kappa shape index (κ3) is 7.01. The number of phenolic OH excluding ortho intramolecular Hbond substituents is 1. The molecule has 2 N–H and O–H groups in total. The average Bonchev–Trinajstić information content (AvgIpc) is 2.27. The zero-order chi connectivity index (χ0) is 13.3. The van der Waals surface area contributed by atoms with E-state index in [1.165, 1.54) is 0 Å². The van der Waals surface area contributed by atoms with E-state index in [1.807, 2.05) is 19.9 Å². The molecule has 0 aliphatic heterocycles. The van der Waals surface area contributed by atoms with Gasteiger partial charge >= 0.3 is 0 Å². The second-order valence-corrected chi connectivity index (χ2v) is 3.79. The number of para-hydroxylation sites is 1. The highest BCUT2D eigenvalue weighted by atomic mass is 16.3. The molecular weight excluding hydrogens is 212 g/mol. The molecule has 0 spiro atoms. The molecule has 0 aromatic heterocycles. The van der Waals surface area contributed by atoms with Gasteiger partial charge < -0.3 is 10.2 Å². The van der Waals surface area contributed by atoms with Gasteiger partial charge in [0.15, 0.2) is 0 Å². The van der Waals surface area contributed by atoms with Gasteiger partial charge in [-0.15, -0.1) is 0 Å². The maximum absolute atomic E-state index is 9.00. The number of aliphatic hydroxyl groups is 1. The van der Waals surface area contributed by atoms with Crippen LogP contribution in [0.5, 0.6) is 5.75 Å². The topological polar surface area (TPSA) is 40.5 Å². The van der Waals surface area contributed by atoms with Crippen LogP contribution in [0.25, 0.3) is 0 Å². The van der Waals surface area contributed by atoms with Crippen LogP contribution >= 0.6 is 0 Å². The first-order valence-corrected chi connectivity index (χ1v) is 5.44. The molecule has 1 aromatic rings. The molecule has 0 bridgehead atoms. The van der Waals surface area contributed by atoms with Crippen molar-refractivity contribution >= 4 is 0 Å². The van der Waals surface area contributed by atoms with Gasteiger partial charge in [0.05, 0.1) is 0 Å². The summed E-state index contributed by atoms with van der Waals surface area (Å²) in [4.78, 5) is 0. The molecule has 0 atom stereocenters. The van der Waals surface area contributed by atoms with Crippen LogP contribution in [0.1, 0.15) is 13.8 Å². The summed E-state index contributed by atoms with van der Waals surface area (Å²) in [5.74, 6) is 0.757. The molecule has 0 amide bonds. The van der Waals surface area contributed by atoms with Gasteiger partial charge in [0.2, 0.25) is 0 Å². The minimum absolute atomic E-state index is 0.134. The number of hydrogen-bond donors (Lipinski definition) is 2. The smallest absolute Gasteiger partial charge is 0.115 e. The predicted molar refractivity (Wildman–Crippen MR) is 73.0 cm³/mol. The highest BCUT2D eigenvalue weighted by Crippen LogP contribution is 2.15. The summed E-state index contributed by atoms with van der Waals surface area (Å²) in [5, 5.41) is 17.6. The zero-order valence-electron chi connectivity index (χ0n) is 10.4. The maximum atomic E-state index is 9.00. The van der Waals surface area contributed by atoms with Crippen molar-refractivity contribution in [2.45, 2.75) is 13.8 Å². The monoisotopic (exact) mass is 232 g/mol. The van der Waals surface area contributed by atoms with E-state index in [4.69, 9.17) is 10.2 Å². The van der Waals surface area contributed by atoms with Crippen LogP contribution in [0.4, 0.5) is 0 Å². The number of aromatic hydroxyl groups is 1. The first-order valence-electron chi connectivity index (χ1n) is 5.44. The fraction of sp³-hybridized carbons (Fsp3) is 0.200. The van der Waals surface area contributed by atoms with Crippen LogP contribution in [0.3, 0.4) is 0 Å². The molecule has 17 heavy (non-hydrogen) atoms. The van der Waals surface area contributed by atoms with Gasteiger partial charge in [-0.05, 0) is 23.6 Å². The molecular formula is C15H20O2. The molecule has 92 valence electrons. The molecule has 0 aliphatic rings. The molecule has 0 unspecified atom stereocenters. The van der Waals surface area contributed by atoms with E-state index < -0.39 is 0 Å². The maximum Gasteiger partial charge on any atom is 0.115 e. The number of benzene rings is 1. The van der Waals surface area contributed by atoms with Crippen molar-refractivity contribution < 1.29 is 10.2 Å². The van der Waals surface area contributed by atoms with Crippen molar-refractivity contribution in [3.63, 3.8) is 0 Å². The van der Waals surface area contributed by atoms with Crippen molar-refractivity contribution in [3.05, 3.63) is 67.0 Å². The Bertz CT molecular complexity index is 375. The van der Waals surface area contributed by atoms with Gasteiger partial charge in [0.1, 0.15) is 11.5 Å². The third-order valence-corrected chi connectivity index (χ3v) is 2.01. The molecule has 0 fully saturated rings. The highest BCUT2D eigenvalue weighted by Gasteiger charge is 2.03. The third-order valence-electron chi connectivity index (χ3n) is 2.01. The zero-order valence-corrected chi connectivity index (χ0v) is 10.4. The lowest BCUT2D eigenvalue weighted by atomic mass is 10.0. The summed E-state index contributed by atoms with van der Waals surface area (Å²) in [6.07, 6.45) is 3.42. The highest BCUT2D eigenvalue weighted by molar-refractivity contribution is 5.27. The molecule has 0 saturated heterocycles. The molecule has 0 radical (unpaired) electrons. The second kappa shape index (κ2) is 8.22. The van der Waals surface area contributed by atoms with Crippen LogP contribution in [0.15, 0.2) is 67.0 Å². The van der Waals surface area contributed by atoms with E-state index in [9.17, 15) is 0 Å². The van der Waals surface area contributed by atoms with Gasteiger partial charge in [0.25, 0.3) is 0 Å². The van der Waals surface area contributed by atoms with Gasteiger partial charge in [-0.2, -0.15) is 0 Å². The van der Waals surface area contributed by atoms with Gasteiger partial charge in [0, 0.05) is 0 Å². The van der Waals surface area contributed by atoms with Gasteiger partial charge in [-0.25, -0.2) is 0 Å². The van der Waals surface area contributed by atoms with Crippen LogP contribution in [0.2, 0.25) is 0 Å². The first-order chi connectivity index (χ1) is 7.99. The summed E-state index contributed by atoms with van der Waals surface area (Å²) in [6, 6.07) is 8.71. The van der Waals surface area contributed by atoms with Crippen LogP contribution in [-0.2, 0) is 0 Å². The van der Waals surface area contributed by atoms with Crippen LogP contribution in [-0.4, -0.2) is 10.2 Å². The Morgan fingerprint density at radius 2 is 1.76 bits per heavy atom. The Hall–Kier alpha value is -1.96. The van der Waals surface area contributed by atoms with Crippen molar-refractivity contribution in [1.82, 2.24) is 0 Å². The summed E-state index contributed by atoms with van der Waals surface area (Å²) in [7, 11) is 0. The summed E-state index contributed by atoms with van der Waals surface area (Å²) in [6.45, 7) is 11.0. The fourth-order valence-corrected chi connectivity index (χ4v) is 1.18. The number of phenols is 1. The molecule has 0 heterocycles. The Labute approximate surface area is 103 Å². The van der Waals surface area contributed by atoms with Crippen molar-refractivity contribution in [2.75, 3.05) is 0 Å². The average molecular weight is 232 g/mol. The number of rotatable bonds is 3. The van der Waals surface area contributed by atoms with E-state index in [-0.39, 0.29) is 5.76 Å². The van der Waals surface area contributed by atoms with Crippen LogP contribution < -0.4 is 0 Å². The quantitative estimate of drug-likeness (QED) is 0.605. The Kier molecular flexibility index (Phi) is 7.27. The molecule has 0 saturated carbocycles. The summed E-state index contributed by atoms with van der Waals surface area (Å²) >= 11 is 0. The second-order valence-electron chi connectivity index (χ2n) is 3.79. The lowest BCUT2D eigenvalue weighted by Gasteiger charge is -2.07. The van der Waals surface area contributed by atoms with Crippen LogP contribution in [0, 0.1) is 5.92 Å². The lowest BCUT2D eigenvalue weighted by Crippen LogP contribution is -1.95. The Morgan fingerprint density at radius 3 is 1.94 bits per heavy atom. The van der Waals surface area contributed by atoms with E-state index in [0.29, 0.717) is 11.7 Å². The van der Waals surface area contributed by atoms with E-state index in [2.05, 4.69) is 13.2 Å². The van der Waals surface area contributed by atoms with Crippen molar-refractivity contribution in [1.29, 1.82) is 0 Å². The fourth-order valence-electron chi connectivity index (χ4n) is 1.18. The first kappa shape index (κ1) is 15.0. The molecule has 2 heteroatoms. The molecule has 1 aromatic carbocycles. The largest absolute Gasteiger partial charge is 0.508 e. The lowest BCUT2D eigenvalue weighted by molar-refractivity contribution is 0.413. The number of aliphatic hydroxyl groups excluding tert-OH is 1. The van der Waals surface area contributed by atoms with Crippen molar-refractivity contribution in [2.24, 2.45) is 5.92 Å². The minimum atomic E-state index is 0.134. The summed E-state index contributed by atoms with van der Waals surface area (Å²) in [5.41, 5.74) is 0.843. The molecule has 1 rings (SSSR count). The van der Waals surface area contributed by atoms with E-state index in [1.54, 1.807) is 36.4 Å². The molecule has 2 nitrogen and oxygen atoms in total.